The first-order valence-corrected chi connectivity index (χ1v) is 9.01. The summed E-state index contributed by atoms with van der Waals surface area (Å²) in [6, 6.07) is 15.0. The van der Waals surface area contributed by atoms with E-state index in [2.05, 4.69) is 26.6 Å². The van der Waals surface area contributed by atoms with Gasteiger partial charge in [0.15, 0.2) is 6.54 Å². The first-order chi connectivity index (χ1) is 12.0. The summed E-state index contributed by atoms with van der Waals surface area (Å²) in [5, 5.41) is 5.60. The molecule has 0 aliphatic carbocycles. The second-order valence-corrected chi connectivity index (χ2v) is 6.84. The number of hydrogen-bond acceptors (Lipinski definition) is 2. The lowest BCUT2D eigenvalue weighted by Gasteiger charge is -2.14. The first kappa shape index (κ1) is 19.1. The number of nitrogens with one attached hydrogen (secondary N) is 3. The van der Waals surface area contributed by atoms with Crippen LogP contribution in [0, 0.1) is 0 Å². The van der Waals surface area contributed by atoms with Crippen LogP contribution in [-0.4, -0.2) is 32.0 Å². The number of carbonyl (C=O) groups is 2. The summed E-state index contributed by atoms with van der Waals surface area (Å²) in [6.07, 6.45) is 0. The maximum absolute atomic E-state index is 12.2. The molecule has 2 aromatic carbocycles. The van der Waals surface area contributed by atoms with Crippen molar-refractivity contribution < 1.29 is 14.5 Å². The number of quaternary nitrogens is 1. The maximum atomic E-state index is 12.2. The number of likely N-dealkylation sites (N-methyl/N-ethyl adjacent to an activating group) is 1. The highest BCUT2D eigenvalue weighted by Gasteiger charge is 2.12. The second kappa shape index (κ2) is 9.34. The standard InChI is InChI=1S/C19H22BrN3O2/c1-3-21-19(25)15-5-4-6-17(11-15)22-18(24)13-23(2)12-14-7-9-16(20)10-8-14/h4-11H,3,12-13H2,1-2H3,(H,21,25)(H,22,24)/p+1. The number of amides is 2. The van der Waals surface area contributed by atoms with Crippen LogP contribution in [0.1, 0.15) is 22.8 Å². The number of hydrogen-bond donors (Lipinski definition) is 3. The third-order valence-corrected chi connectivity index (χ3v) is 4.16. The molecule has 132 valence electrons. The van der Waals surface area contributed by atoms with Crippen molar-refractivity contribution in [2.75, 3.05) is 25.5 Å². The molecule has 0 aliphatic heterocycles. The van der Waals surface area contributed by atoms with Crippen LogP contribution in [0.15, 0.2) is 53.0 Å². The Morgan fingerprint density at radius 2 is 1.84 bits per heavy atom. The highest BCUT2D eigenvalue weighted by molar-refractivity contribution is 9.10. The van der Waals surface area contributed by atoms with E-state index >= 15 is 0 Å². The molecular formula is C19H23BrN3O2+. The van der Waals surface area contributed by atoms with E-state index in [4.69, 9.17) is 0 Å². The molecule has 0 saturated carbocycles. The Labute approximate surface area is 156 Å². The zero-order valence-electron chi connectivity index (χ0n) is 14.4. The summed E-state index contributed by atoms with van der Waals surface area (Å²) < 4.78 is 1.04. The quantitative estimate of drug-likeness (QED) is 0.659. The minimum absolute atomic E-state index is 0.0809. The molecule has 1 atom stereocenters. The fourth-order valence-electron chi connectivity index (χ4n) is 2.49. The number of benzene rings is 2. The van der Waals surface area contributed by atoms with Crippen molar-refractivity contribution in [1.82, 2.24) is 5.32 Å². The van der Waals surface area contributed by atoms with Crippen molar-refractivity contribution in [3.63, 3.8) is 0 Å². The van der Waals surface area contributed by atoms with Gasteiger partial charge in [-0.25, -0.2) is 0 Å². The van der Waals surface area contributed by atoms with Crippen molar-refractivity contribution in [2.24, 2.45) is 0 Å². The summed E-state index contributed by atoms with van der Waals surface area (Å²) in [7, 11) is 1.98. The van der Waals surface area contributed by atoms with E-state index in [1.807, 2.05) is 38.2 Å². The molecule has 0 fully saturated rings. The van der Waals surface area contributed by atoms with Crippen molar-refractivity contribution in [3.05, 3.63) is 64.1 Å². The van der Waals surface area contributed by atoms with Crippen LogP contribution in [0.5, 0.6) is 0 Å². The number of carbonyl (C=O) groups excluding carboxylic acids is 2. The van der Waals surface area contributed by atoms with Gasteiger partial charge in [0, 0.05) is 27.8 Å². The largest absolute Gasteiger partial charge is 0.352 e. The summed E-state index contributed by atoms with van der Waals surface area (Å²) in [6.45, 7) is 3.55. The van der Waals surface area contributed by atoms with Gasteiger partial charge in [-0.2, -0.15) is 0 Å². The van der Waals surface area contributed by atoms with Crippen LogP contribution in [0.25, 0.3) is 0 Å². The molecule has 0 radical (unpaired) electrons. The van der Waals surface area contributed by atoms with Crippen molar-refractivity contribution in [3.8, 4) is 0 Å². The molecule has 2 aromatic rings. The Hall–Kier alpha value is -2.18. The SMILES string of the molecule is CCNC(=O)c1cccc(NC(=O)C[NH+](C)Cc2ccc(Br)cc2)c1. The summed E-state index contributed by atoms with van der Waals surface area (Å²) in [5.41, 5.74) is 2.34. The number of anilines is 1. The van der Waals surface area contributed by atoms with Gasteiger partial charge in [-0.05, 0) is 37.3 Å². The zero-order valence-corrected chi connectivity index (χ0v) is 16.0. The molecule has 2 amide bonds. The Bertz CT molecular complexity index is 732. The van der Waals surface area contributed by atoms with E-state index < -0.39 is 0 Å². The maximum Gasteiger partial charge on any atom is 0.279 e. The molecule has 0 bridgehead atoms. The molecule has 0 aliphatic rings. The van der Waals surface area contributed by atoms with Crippen LogP contribution >= 0.6 is 15.9 Å². The molecule has 0 saturated heterocycles. The molecule has 6 heteroatoms. The average Bonchev–Trinajstić information content (AvgIpc) is 2.57. The molecular weight excluding hydrogens is 382 g/mol. The normalized spacial score (nSPS) is 11.6. The molecule has 0 heterocycles. The predicted molar refractivity (Wildman–Crippen MR) is 103 cm³/mol. The predicted octanol–water partition coefficient (Wildman–Crippen LogP) is 1.85. The van der Waals surface area contributed by atoms with Crippen LogP contribution in [-0.2, 0) is 11.3 Å². The van der Waals surface area contributed by atoms with Gasteiger partial charge in [-0.3, -0.25) is 9.59 Å². The zero-order chi connectivity index (χ0) is 18.2. The molecule has 5 nitrogen and oxygen atoms in total. The highest BCUT2D eigenvalue weighted by Crippen LogP contribution is 2.11. The van der Waals surface area contributed by atoms with Gasteiger partial charge in [0.05, 0.1) is 7.05 Å². The van der Waals surface area contributed by atoms with Crippen LogP contribution in [0.2, 0.25) is 0 Å². The summed E-state index contributed by atoms with van der Waals surface area (Å²) in [5.74, 6) is -0.223. The van der Waals surface area contributed by atoms with Gasteiger partial charge in [0.2, 0.25) is 0 Å². The molecule has 2 rings (SSSR count). The number of rotatable bonds is 7. The molecule has 0 aromatic heterocycles. The third-order valence-electron chi connectivity index (χ3n) is 3.63. The van der Waals surface area contributed by atoms with Crippen molar-refractivity contribution >= 4 is 33.4 Å². The fraction of sp³-hybridized carbons (Fsp3) is 0.263. The lowest BCUT2D eigenvalue weighted by atomic mass is 10.2. The molecule has 1 unspecified atom stereocenters. The van der Waals surface area contributed by atoms with Crippen molar-refractivity contribution in [1.29, 1.82) is 0 Å². The van der Waals surface area contributed by atoms with E-state index in [9.17, 15) is 9.59 Å². The van der Waals surface area contributed by atoms with Gasteiger partial charge in [-0.15, -0.1) is 0 Å². The van der Waals surface area contributed by atoms with Gasteiger partial charge in [0.25, 0.3) is 11.8 Å². The van der Waals surface area contributed by atoms with E-state index in [0.717, 1.165) is 15.9 Å². The van der Waals surface area contributed by atoms with E-state index in [1.54, 1.807) is 24.3 Å². The second-order valence-electron chi connectivity index (χ2n) is 5.93. The Kier molecular flexibility index (Phi) is 7.16. The minimum Gasteiger partial charge on any atom is -0.352 e. The van der Waals surface area contributed by atoms with Gasteiger partial charge in [0.1, 0.15) is 6.54 Å². The average molecular weight is 405 g/mol. The van der Waals surface area contributed by atoms with Crippen LogP contribution < -0.4 is 15.5 Å². The Balaban J connectivity index is 1.90. The van der Waals surface area contributed by atoms with Gasteiger partial charge in [-0.1, -0.05) is 34.1 Å². The summed E-state index contributed by atoms with van der Waals surface area (Å²) >= 11 is 3.42. The monoisotopic (exact) mass is 404 g/mol. The first-order valence-electron chi connectivity index (χ1n) is 8.21. The van der Waals surface area contributed by atoms with Crippen LogP contribution in [0.3, 0.4) is 0 Å². The lowest BCUT2D eigenvalue weighted by Crippen LogP contribution is -3.08. The fourth-order valence-corrected chi connectivity index (χ4v) is 2.76. The lowest BCUT2D eigenvalue weighted by molar-refractivity contribution is -0.885. The Morgan fingerprint density at radius 1 is 1.12 bits per heavy atom. The van der Waals surface area contributed by atoms with Gasteiger partial charge < -0.3 is 15.5 Å². The molecule has 3 N–H and O–H groups in total. The van der Waals surface area contributed by atoms with Gasteiger partial charge >= 0.3 is 0 Å². The topological polar surface area (TPSA) is 62.6 Å². The van der Waals surface area contributed by atoms with E-state index in [0.29, 0.717) is 24.3 Å². The molecule has 0 spiro atoms. The summed E-state index contributed by atoms with van der Waals surface area (Å²) in [4.78, 5) is 25.2. The smallest absolute Gasteiger partial charge is 0.279 e. The minimum atomic E-state index is -0.142. The molecule has 25 heavy (non-hydrogen) atoms. The Morgan fingerprint density at radius 3 is 2.52 bits per heavy atom. The highest BCUT2D eigenvalue weighted by atomic mass is 79.9. The van der Waals surface area contributed by atoms with E-state index in [1.165, 1.54) is 5.56 Å². The van der Waals surface area contributed by atoms with Crippen LogP contribution in [0.4, 0.5) is 5.69 Å². The van der Waals surface area contributed by atoms with E-state index in [-0.39, 0.29) is 11.8 Å². The van der Waals surface area contributed by atoms with Crippen molar-refractivity contribution in [2.45, 2.75) is 13.5 Å². The number of halogens is 1. The third kappa shape index (κ3) is 6.32.